The first-order valence-corrected chi connectivity index (χ1v) is 8.87. The fourth-order valence-electron chi connectivity index (χ4n) is 3.57. The van der Waals surface area contributed by atoms with Crippen LogP contribution in [0, 0.1) is 5.82 Å². The molecule has 0 aliphatic carbocycles. The molecule has 1 atom stereocenters. The van der Waals surface area contributed by atoms with Gasteiger partial charge in [0.2, 0.25) is 5.76 Å². The third kappa shape index (κ3) is 2.93. The Hall–Kier alpha value is -3.19. The molecule has 7 heteroatoms. The second kappa shape index (κ2) is 6.76. The number of phenolic OH excluding ortho intramolecular Hbond substituents is 1. The Balaban J connectivity index is 1.96. The normalized spacial score (nSPS) is 16.2. The zero-order valence-corrected chi connectivity index (χ0v) is 15.5. The van der Waals surface area contributed by atoms with Crippen LogP contribution in [0.1, 0.15) is 27.7 Å². The summed E-state index contributed by atoms with van der Waals surface area (Å²) in [7, 11) is 3.77. The highest BCUT2D eigenvalue weighted by Crippen LogP contribution is 2.38. The summed E-state index contributed by atoms with van der Waals surface area (Å²) >= 11 is 0. The Morgan fingerprint density at radius 1 is 1.18 bits per heavy atom. The lowest BCUT2D eigenvalue weighted by Gasteiger charge is -2.26. The Bertz CT molecular complexity index is 1140. The molecule has 0 spiro atoms. The predicted molar refractivity (Wildman–Crippen MR) is 102 cm³/mol. The summed E-state index contributed by atoms with van der Waals surface area (Å²) in [6.45, 7) is 0.942. The number of nitrogens with zero attached hydrogens (tertiary/aromatic N) is 2. The molecule has 2 aromatic carbocycles. The van der Waals surface area contributed by atoms with Gasteiger partial charge < -0.3 is 19.3 Å². The number of carbonyl (C=O) groups is 1. The van der Waals surface area contributed by atoms with Gasteiger partial charge in [0.15, 0.2) is 5.43 Å². The highest BCUT2D eigenvalue weighted by atomic mass is 19.1. The molecule has 1 N–H and O–H groups in total. The van der Waals surface area contributed by atoms with Gasteiger partial charge in [0, 0.05) is 13.1 Å². The predicted octanol–water partition coefficient (Wildman–Crippen LogP) is 2.74. The van der Waals surface area contributed by atoms with Gasteiger partial charge in [0.25, 0.3) is 5.91 Å². The minimum absolute atomic E-state index is 0.0298. The summed E-state index contributed by atoms with van der Waals surface area (Å²) in [6.07, 6.45) is 0. The van der Waals surface area contributed by atoms with Crippen molar-refractivity contribution in [3.63, 3.8) is 0 Å². The molecule has 1 aliphatic rings. The van der Waals surface area contributed by atoms with E-state index in [0.717, 1.165) is 6.07 Å². The molecule has 1 aliphatic heterocycles. The van der Waals surface area contributed by atoms with Gasteiger partial charge >= 0.3 is 0 Å². The average molecular weight is 382 g/mol. The number of benzene rings is 2. The molecule has 0 saturated heterocycles. The molecule has 1 unspecified atom stereocenters. The van der Waals surface area contributed by atoms with Crippen LogP contribution in [0.3, 0.4) is 0 Å². The van der Waals surface area contributed by atoms with Crippen molar-refractivity contribution in [3.8, 4) is 5.75 Å². The van der Waals surface area contributed by atoms with Gasteiger partial charge in [-0.25, -0.2) is 4.39 Å². The van der Waals surface area contributed by atoms with Crippen molar-refractivity contribution >= 4 is 16.9 Å². The van der Waals surface area contributed by atoms with Crippen molar-refractivity contribution in [3.05, 3.63) is 75.4 Å². The summed E-state index contributed by atoms with van der Waals surface area (Å²) in [5.74, 6) is -0.950. The van der Waals surface area contributed by atoms with Crippen LogP contribution >= 0.6 is 0 Å². The van der Waals surface area contributed by atoms with Crippen molar-refractivity contribution in [2.75, 3.05) is 27.2 Å². The second-order valence-corrected chi connectivity index (χ2v) is 7.11. The molecule has 1 aromatic heterocycles. The summed E-state index contributed by atoms with van der Waals surface area (Å²) in [5.41, 5.74) is 0.494. The fraction of sp³-hybridized carbons (Fsp3) is 0.238. The lowest BCUT2D eigenvalue weighted by Crippen LogP contribution is -2.35. The molecule has 0 bridgehead atoms. The molecule has 0 radical (unpaired) electrons. The molecular weight excluding hydrogens is 363 g/mol. The molecule has 2 heterocycles. The minimum atomic E-state index is -0.710. The second-order valence-electron chi connectivity index (χ2n) is 7.11. The number of hydrogen-bond acceptors (Lipinski definition) is 5. The van der Waals surface area contributed by atoms with Crippen LogP contribution in [0.2, 0.25) is 0 Å². The number of aromatic hydroxyl groups is 1. The third-order valence-corrected chi connectivity index (χ3v) is 4.90. The highest BCUT2D eigenvalue weighted by Gasteiger charge is 2.42. The summed E-state index contributed by atoms with van der Waals surface area (Å²) in [5, 5.41) is 10.00. The number of fused-ring (bicyclic) bond motifs is 2. The van der Waals surface area contributed by atoms with Crippen LogP contribution in [-0.4, -0.2) is 48.0 Å². The number of phenols is 1. The number of likely N-dealkylation sites (N-methyl/N-ethyl adjacent to an activating group) is 1. The maximum absolute atomic E-state index is 13.7. The first-order chi connectivity index (χ1) is 13.4. The van der Waals surface area contributed by atoms with Crippen LogP contribution in [-0.2, 0) is 0 Å². The molecule has 4 rings (SSSR count). The number of amides is 1. The van der Waals surface area contributed by atoms with Crippen LogP contribution in [0.15, 0.2) is 51.7 Å². The Labute approximate surface area is 160 Å². The average Bonchev–Trinajstić information content (AvgIpc) is 2.93. The molecular formula is C21H19FN2O4. The molecule has 144 valence electrons. The topological polar surface area (TPSA) is 74.0 Å². The lowest BCUT2D eigenvalue weighted by molar-refractivity contribution is 0.0716. The van der Waals surface area contributed by atoms with E-state index < -0.39 is 23.2 Å². The first-order valence-electron chi connectivity index (χ1n) is 8.87. The summed E-state index contributed by atoms with van der Waals surface area (Å²) < 4.78 is 19.4. The van der Waals surface area contributed by atoms with E-state index in [1.165, 1.54) is 24.3 Å². The molecule has 6 nitrogen and oxygen atoms in total. The summed E-state index contributed by atoms with van der Waals surface area (Å²) in [6, 6.07) is 9.38. The number of rotatable bonds is 4. The SMILES string of the molecule is CN(C)CCN1C(=O)c2oc3ccc(F)cc3c(=O)c2C1c1cccc(O)c1. The van der Waals surface area contributed by atoms with Crippen LogP contribution in [0.5, 0.6) is 5.75 Å². The number of carbonyl (C=O) groups excluding carboxylic acids is 1. The van der Waals surface area contributed by atoms with E-state index in [9.17, 15) is 19.1 Å². The van der Waals surface area contributed by atoms with Gasteiger partial charge in [0.05, 0.1) is 17.0 Å². The molecule has 1 amide bonds. The van der Waals surface area contributed by atoms with Gasteiger partial charge in [0.1, 0.15) is 17.1 Å². The highest BCUT2D eigenvalue weighted by molar-refractivity contribution is 5.99. The van der Waals surface area contributed by atoms with Crippen molar-refractivity contribution in [1.29, 1.82) is 0 Å². The fourth-order valence-corrected chi connectivity index (χ4v) is 3.57. The summed E-state index contributed by atoms with van der Waals surface area (Å²) in [4.78, 5) is 29.8. The van der Waals surface area contributed by atoms with E-state index in [0.29, 0.717) is 18.7 Å². The molecule has 0 saturated carbocycles. The van der Waals surface area contributed by atoms with Gasteiger partial charge in [-0.05, 0) is 50.0 Å². The van der Waals surface area contributed by atoms with Crippen LogP contribution in [0.4, 0.5) is 4.39 Å². The zero-order chi connectivity index (χ0) is 20.0. The molecule has 3 aromatic rings. The van der Waals surface area contributed by atoms with E-state index in [1.54, 1.807) is 17.0 Å². The smallest absolute Gasteiger partial charge is 0.290 e. The van der Waals surface area contributed by atoms with Crippen molar-refractivity contribution in [1.82, 2.24) is 9.80 Å². The van der Waals surface area contributed by atoms with Gasteiger partial charge in [-0.1, -0.05) is 12.1 Å². The largest absolute Gasteiger partial charge is 0.508 e. The number of hydrogen-bond donors (Lipinski definition) is 1. The Morgan fingerprint density at radius 3 is 2.68 bits per heavy atom. The van der Waals surface area contributed by atoms with Crippen LogP contribution in [0.25, 0.3) is 11.0 Å². The monoisotopic (exact) mass is 382 g/mol. The quantitative estimate of drug-likeness (QED) is 0.751. The Morgan fingerprint density at radius 2 is 1.96 bits per heavy atom. The van der Waals surface area contributed by atoms with Crippen molar-refractivity contribution < 1.29 is 18.7 Å². The maximum Gasteiger partial charge on any atom is 0.290 e. The van der Waals surface area contributed by atoms with E-state index >= 15 is 0 Å². The molecule has 28 heavy (non-hydrogen) atoms. The van der Waals surface area contributed by atoms with Crippen LogP contribution < -0.4 is 5.43 Å². The standard InChI is InChI=1S/C21H19FN2O4/c1-23(2)8-9-24-18(12-4-3-5-14(25)10-12)17-19(26)15-11-13(22)6-7-16(15)28-20(17)21(24)27/h3-7,10-11,18,25H,8-9H2,1-2H3. The lowest BCUT2D eigenvalue weighted by atomic mass is 9.98. The van der Waals surface area contributed by atoms with E-state index in [1.807, 2.05) is 19.0 Å². The van der Waals surface area contributed by atoms with Gasteiger partial charge in [-0.3, -0.25) is 9.59 Å². The van der Waals surface area contributed by atoms with Gasteiger partial charge in [-0.2, -0.15) is 0 Å². The first kappa shape index (κ1) is 18.2. The van der Waals surface area contributed by atoms with E-state index in [4.69, 9.17) is 4.42 Å². The number of halogens is 1. The van der Waals surface area contributed by atoms with Crippen molar-refractivity contribution in [2.24, 2.45) is 0 Å². The minimum Gasteiger partial charge on any atom is -0.508 e. The third-order valence-electron chi connectivity index (χ3n) is 4.90. The molecule has 0 fully saturated rings. The van der Waals surface area contributed by atoms with E-state index in [2.05, 4.69) is 0 Å². The van der Waals surface area contributed by atoms with E-state index in [-0.39, 0.29) is 28.0 Å². The zero-order valence-electron chi connectivity index (χ0n) is 15.5. The maximum atomic E-state index is 13.7. The van der Waals surface area contributed by atoms with Gasteiger partial charge in [-0.15, -0.1) is 0 Å². The van der Waals surface area contributed by atoms with Crippen molar-refractivity contribution in [2.45, 2.75) is 6.04 Å². The Kier molecular flexibility index (Phi) is 4.39.